The summed E-state index contributed by atoms with van der Waals surface area (Å²) in [6.45, 7) is 1.81. The van der Waals surface area contributed by atoms with Gasteiger partial charge in [-0.05, 0) is 43.3 Å². The van der Waals surface area contributed by atoms with Crippen molar-refractivity contribution >= 4 is 28.5 Å². The number of aromatic nitrogens is 1. The fourth-order valence-corrected chi connectivity index (χ4v) is 2.24. The van der Waals surface area contributed by atoms with E-state index in [1.807, 2.05) is 6.92 Å². The fourth-order valence-electron chi connectivity index (χ4n) is 2.07. The molecule has 0 atom stereocenters. The molecule has 1 aromatic carbocycles. The van der Waals surface area contributed by atoms with Gasteiger partial charge in [-0.25, -0.2) is 4.98 Å². The second kappa shape index (κ2) is 6.60. The van der Waals surface area contributed by atoms with Crippen LogP contribution in [0.15, 0.2) is 40.8 Å². The quantitative estimate of drug-likeness (QED) is 0.613. The Bertz CT molecular complexity index is 829. The summed E-state index contributed by atoms with van der Waals surface area (Å²) < 4.78 is 5.48. The molecule has 4 nitrogen and oxygen atoms in total. The summed E-state index contributed by atoms with van der Waals surface area (Å²) in [6, 6.07) is 9.87. The molecule has 0 bridgehead atoms. The number of aryl methyl sites for hydroxylation is 1. The smallest absolute Gasteiger partial charge is 0.545 e. The molecule has 0 saturated carbocycles. The first-order valence-electron chi connectivity index (χ1n) is 5.93. The zero-order valence-corrected chi connectivity index (χ0v) is 15.4. The summed E-state index contributed by atoms with van der Waals surface area (Å²) >= 11 is 5.90. The first-order valence-corrected chi connectivity index (χ1v) is 6.31. The van der Waals surface area contributed by atoms with Crippen molar-refractivity contribution in [2.45, 2.75) is 6.92 Å². The summed E-state index contributed by atoms with van der Waals surface area (Å²) in [6.07, 6.45) is 0. The molecule has 0 saturated heterocycles. The Morgan fingerprint density at radius 3 is 2.62 bits per heavy atom. The van der Waals surface area contributed by atoms with E-state index in [2.05, 4.69) is 4.98 Å². The maximum absolute atomic E-state index is 11.3. The van der Waals surface area contributed by atoms with Gasteiger partial charge >= 0.3 is 51.4 Å². The van der Waals surface area contributed by atoms with Gasteiger partial charge in [0.1, 0.15) is 11.5 Å². The van der Waals surface area contributed by atoms with Gasteiger partial charge < -0.3 is 14.3 Å². The van der Waals surface area contributed by atoms with E-state index in [1.54, 1.807) is 30.3 Å². The average Bonchev–Trinajstić information content (AvgIpc) is 2.84. The van der Waals surface area contributed by atoms with E-state index in [0.717, 1.165) is 5.76 Å². The Morgan fingerprint density at radius 2 is 2.00 bits per heavy atom. The third-order valence-electron chi connectivity index (χ3n) is 2.98. The standard InChI is InChI=1S/C15H10ClNO3.K/c1-8-2-5-14(20-8)13-7-11(15(18)19)10-6-9(16)3-4-12(10)17-13;/h2-7H,1H3,(H,18,19);/q;+1/p-1. The minimum Gasteiger partial charge on any atom is -0.545 e. The van der Waals surface area contributed by atoms with Crippen LogP contribution in [0, 0.1) is 6.92 Å². The Labute approximate surface area is 168 Å². The van der Waals surface area contributed by atoms with Gasteiger partial charge in [0, 0.05) is 16.0 Å². The van der Waals surface area contributed by atoms with Crippen LogP contribution in [0.1, 0.15) is 16.1 Å². The first kappa shape index (κ1) is 16.7. The second-order valence-corrected chi connectivity index (χ2v) is 4.85. The predicted octanol–water partition coefficient (Wildman–Crippen LogP) is -0.176. The largest absolute Gasteiger partial charge is 1.00 e. The summed E-state index contributed by atoms with van der Waals surface area (Å²) in [4.78, 5) is 15.7. The molecule has 0 spiro atoms. The molecule has 0 unspecified atom stereocenters. The zero-order valence-electron chi connectivity index (χ0n) is 11.5. The molecule has 0 aliphatic heterocycles. The number of pyridine rings is 1. The van der Waals surface area contributed by atoms with E-state index < -0.39 is 5.97 Å². The van der Waals surface area contributed by atoms with E-state index in [1.165, 1.54) is 6.07 Å². The number of carboxylic acid groups (broad SMARTS) is 1. The van der Waals surface area contributed by atoms with Crippen molar-refractivity contribution in [1.82, 2.24) is 4.98 Å². The molecular weight excluding hydrogens is 317 g/mol. The van der Waals surface area contributed by atoms with Crippen LogP contribution in [0.5, 0.6) is 0 Å². The van der Waals surface area contributed by atoms with Crippen molar-refractivity contribution in [3.8, 4) is 11.5 Å². The van der Waals surface area contributed by atoms with Crippen molar-refractivity contribution in [2.75, 3.05) is 0 Å². The number of hydrogen-bond acceptors (Lipinski definition) is 4. The van der Waals surface area contributed by atoms with Crippen LogP contribution in [0.3, 0.4) is 0 Å². The third kappa shape index (κ3) is 3.39. The normalized spacial score (nSPS) is 10.4. The van der Waals surface area contributed by atoms with Crippen LogP contribution in [-0.4, -0.2) is 11.0 Å². The molecule has 21 heavy (non-hydrogen) atoms. The Kier molecular flexibility index (Phi) is 5.24. The fraction of sp³-hybridized carbons (Fsp3) is 0.0667. The van der Waals surface area contributed by atoms with E-state index in [9.17, 15) is 9.90 Å². The van der Waals surface area contributed by atoms with Gasteiger partial charge in [-0.15, -0.1) is 0 Å². The van der Waals surface area contributed by atoms with Gasteiger partial charge in [0.05, 0.1) is 11.5 Å². The SMILES string of the molecule is Cc1ccc(-c2cc(C(=O)[O-])c3cc(Cl)ccc3n2)o1.[K+]. The van der Waals surface area contributed by atoms with Crippen molar-refractivity contribution in [3.63, 3.8) is 0 Å². The van der Waals surface area contributed by atoms with Crippen LogP contribution in [0.25, 0.3) is 22.4 Å². The number of benzene rings is 1. The molecule has 0 aliphatic rings. The summed E-state index contributed by atoms with van der Waals surface area (Å²) in [5.41, 5.74) is 1.02. The molecule has 0 radical (unpaired) electrons. The summed E-state index contributed by atoms with van der Waals surface area (Å²) in [7, 11) is 0. The topological polar surface area (TPSA) is 66.2 Å². The van der Waals surface area contributed by atoms with E-state index in [-0.39, 0.29) is 56.9 Å². The van der Waals surface area contributed by atoms with Crippen LogP contribution in [0.2, 0.25) is 5.02 Å². The van der Waals surface area contributed by atoms with Gasteiger partial charge in [-0.3, -0.25) is 0 Å². The molecular formula is C15H9ClKNO3. The molecule has 6 heteroatoms. The maximum atomic E-state index is 11.3. The van der Waals surface area contributed by atoms with Crippen molar-refractivity contribution in [2.24, 2.45) is 0 Å². The molecule has 3 rings (SSSR count). The molecule has 0 aliphatic carbocycles. The van der Waals surface area contributed by atoms with Crippen LogP contribution >= 0.6 is 11.6 Å². The molecule has 2 aromatic heterocycles. The molecule has 0 fully saturated rings. The first-order chi connectivity index (χ1) is 9.54. The molecule has 3 aromatic rings. The van der Waals surface area contributed by atoms with Crippen LogP contribution in [-0.2, 0) is 0 Å². The van der Waals surface area contributed by atoms with Gasteiger partial charge in [-0.2, -0.15) is 0 Å². The minimum absolute atomic E-state index is 0. The van der Waals surface area contributed by atoms with Gasteiger partial charge in [-0.1, -0.05) is 11.6 Å². The molecule has 100 valence electrons. The Morgan fingerprint density at radius 1 is 1.24 bits per heavy atom. The second-order valence-electron chi connectivity index (χ2n) is 4.41. The number of fused-ring (bicyclic) bond motifs is 1. The number of carbonyl (C=O) groups excluding carboxylic acids is 1. The Balaban J connectivity index is 0.00000161. The zero-order chi connectivity index (χ0) is 14.3. The number of halogens is 1. The monoisotopic (exact) mass is 325 g/mol. The van der Waals surface area contributed by atoms with Crippen LogP contribution in [0.4, 0.5) is 0 Å². The van der Waals surface area contributed by atoms with Gasteiger partial charge in [0.25, 0.3) is 0 Å². The molecule has 0 N–H and O–H groups in total. The predicted molar refractivity (Wildman–Crippen MR) is 73.5 cm³/mol. The van der Waals surface area contributed by atoms with E-state index >= 15 is 0 Å². The Hall–Kier alpha value is -0.694. The van der Waals surface area contributed by atoms with E-state index in [0.29, 0.717) is 27.4 Å². The maximum Gasteiger partial charge on any atom is 1.00 e. The van der Waals surface area contributed by atoms with Crippen molar-refractivity contribution < 1.29 is 65.7 Å². The summed E-state index contributed by atoms with van der Waals surface area (Å²) in [5.74, 6) is -0.0287. The van der Waals surface area contributed by atoms with Gasteiger partial charge in [0.15, 0.2) is 5.76 Å². The number of hydrogen-bond donors (Lipinski definition) is 0. The number of rotatable bonds is 2. The minimum atomic E-state index is -1.27. The van der Waals surface area contributed by atoms with Gasteiger partial charge in [0.2, 0.25) is 0 Å². The van der Waals surface area contributed by atoms with Crippen molar-refractivity contribution in [1.29, 1.82) is 0 Å². The number of carbonyl (C=O) groups is 1. The number of aromatic carboxylic acids is 1. The molecule has 2 heterocycles. The van der Waals surface area contributed by atoms with E-state index in [4.69, 9.17) is 16.0 Å². The number of nitrogens with zero attached hydrogens (tertiary/aromatic N) is 1. The number of furan rings is 1. The van der Waals surface area contributed by atoms with Crippen LogP contribution < -0.4 is 56.5 Å². The van der Waals surface area contributed by atoms with Crippen molar-refractivity contribution in [3.05, 3.63) is 52.7 Å². The average molecular weight is 326 g/mol. The third-order valence-corrected chi connectivity index (χ3v) is 3.22. The molecule has 0 amide bonds. The summed E-state index contributed by atoms with van der Waals surface area (Å²) in [5, 5.41) is 12.2. The number of carboxylic acids is 1.